The van der Waals surface area contributed by atoms with Gasteiger partial charge < -0.3 is 9.47 Å². The smallest absolute Gasteiger partial charge is 0.309 e. The predicted octanol–water partition coefficient (Wildman–Crippen LogP) is 3.26. The number of rotatable bonds is 2. The van der Waals surface area contributed by atoms with Crippen molar-refractivity contribution in [2.45, 2.75) is 44.1 Å². The Morgan fingerprint density at radius 1 is 1.55 bits per heavy atom. The van der Waals surface area contributed by atoms with Gasteiger partial charge in [-0.05, 0) is 18.2 Å². The molecule has 1 heterocycles. The highest BCUT2D eigenvalue weighted by atomic mass is 32.1. The average molecular weight is 290 g/mol. The minimum Gasteiger partial charge on any atom is -0.443 e. The summed E-state index contributed by atoms with van der Waals surface area (Å²) in [6.45, 7) is 5.85. The van der Waals surface area contributed by atoms with Crippen LogP contribution in [0.1, 0.15) is 44.7 Å². The molecule has 106 valence electrons. The van der Waals surface area contributed by atoms with Crippen LogP contribution in [0.25, 0.3) is 0 Å². The molecule has 1 unspecified atom stereocenters. The van der Waals surface area contributed by atoms with E-state index in [1.807, 2.05) is 6.07 Å². The van der Waals surface area contributed by atoms with E-state index in [2.05, 4.69) is 32.4 Å². The van der Waals surface area contributed by atoms with Crippen molar-refractivity contribution < 1.29 is 14.3 Å². The maximum Gasteiger partial charge on any atom is 0.309 e. The summed E-state index contributed by atoms with van der Waals surface area (Å²) in [5, 5.41) is -1.23. The van der Waals surface area contributed by atoms with Gasteiger partial charge >= 0.3 is 11.1 Å². The van der Waals surface area contributed by atoms with E-state index >= 15 is 0 Å². The van der Waals surface area contributed by atoms with Crippen molar-refractivity contribution in [3.05, 3.63) is 29.3 Å². The van der Waals surface area contributed by atoms with Crippen molar-refractivity contribution >= 4 is 18.6 Å². The number of hydrogen-bond acceptors (Lipinski definition) is 4. The molecule has 0 amide bonds. The van der Waals surface area contributed by atoms with Crippen LogP contribution < -0.4 is 4.74 Å². The predicted molar refractivity (Wildman–Crippen MR) is 80.7 cm³/mol. The monoisotopic (exact) mass is 290 g/mol. The lowest BCUT2D eigenvalue weighted by Crippen LogP contribution is -2.45. The summed E-state index contributed by atoms with van der Waals surface area (Å²) in [5.74, 6) is 2.94. The molecule has 2 rings (SSSR count). The molecular weight excluding hydrogens is 272 g/mol. The van der Waals surface area contributed by atoms with E-state index in [-0.39, 0.29) is 17.8 Å². The molecule has 0 aliphatic carbocycles. The molecule has 1 aliphatic rings. The van der Waals surface area contributed by atoms with Gasteiger partial charge in [0, 0.05) is 29.4 Å². The number of carbonyl (C=O) groups is 1. The SMILES string of the molecule is C#Cc1ccc2c(c1)C(C)(C)CC(S)(OC(=O)CC)O2. The van der Waals surface area contributed by atoms with Crippen LogP contribution >= 0.6 is 12.6 Å². The van der Waals surface area contributed by atoms with E-state index in [0.29, 0.717) is 12.2 Å². The zero-order valence-corrected chi connectivity index (χ0v) is 12.8. The molecule has 1 aromatic carbocycles. The summed E-state index contributed by atoms with van der Waals surface area (Å²) < 4.78 is 11.1. The van der Waals surface area contributed by atoms with Crippen molar-refractivity contribution in [1.82, 2.24) is 0 Å². The van der Waals surface area contributed by atoms with Crippen molar-refractivity contribution in [3.8, 4) is 18.1 Å². The van der Waals surface area contributed by atoms with Gasteiger partial charge in [-0.1, -0.05) is 39.3 Å². The minimum atomic E-state index is -1.23. The third-order valence-electron chi connectivity index (χ3n) is 3.37. The Balaban J connectivity index is 2.40. The summed E-state index contributed by atoms with van der Waals surface area (Å²) in [6.07, 6.45) is 6.17. The van der Waals surface area contributed by atoms with E-state index in [9.17, 15) is 4.79 Å². The highest BCUT2D eigenvalue weighted by Gasteiger charge is 2.45. The first-order valence-corrected chi connectivity index (χ1v) is 6.99. The van der Waals surface area contributed by atoms with Crippen LogP contribution in [0, 0.1) is 12.3 Å². The Morgan fingerprint density at radius 3 is 2.85 bits per heavy atom. The Bertz CT molecular complexity index is 586. The Labute approximate surface area is 125 Å². The van der Waals surface area contributed by atoms with Gasteiger partial charge in [0.05, 0.1) is 0 Å². The number of carbonyl (C=O) groups excluding carboxylic acids is 1. The number of ether oxygens (including phenoxy) is 2. The van der Waals surface area contributed by atoms with Crippen molar-refractivity contribution in [2.24, 2.45) is 0 Å². The number of terminal acetylenes is 1. The zero-order valence-electron chi connectivity index (χ0n) is 11.9. The number of esters is 1. The molecule has 1 aliphatic heterocycles. The van der Waals surface area contributed by atoms with E-state index in [1.54, 1.807) is 19.1 Å². The second-order valence-corrected chi connectivity index (χ2v) is 6.24. The average Bonchev–Trinajstić information content (AvgIpc) is 2.36. The molecule has 0 spiro atoms. The molecule has 0 N–H and O–H groups in total. The third kappa shape index (κ3) is 2.78. The van der Waals surface area contributed by atoms with Crippen LogP contribution in [0.4, 0.5) is 0 Å². The standard InChI is InChI=1S/C16H18O3S/c1-5-11-7-8-13-12(9-11)15(3,4)10-16(20,18-13)19-14(17)6-2/h1,7-9,20H,6,10H2,2-4H3. The van der Waals surface area contributed by atoms with Gasteiger partial charge in [-0.2, -0.15) is 0 Å². The molecule has 0 bridgehead atoms. The van der Waals surface area contributed by atoms with Crippen molar-refractivity contribution in [3.63, 3.8) is 0 Å². The maximum atomic E-state index is 11.5. The maximum absolute atomic E-state index is 11.5. The second kappa shape index (κ2) is 5.06. The first-order chi connectivity index (χ1) is 9.29. The van der Waals surface area contributed by atoms with Gasteiger partial charge in [-0.15, -0.1) is 6.42 Å². The van der Waals surface area contributed by atoms with Crippen LogP contribution in [0.3, 0.4) is 0 Å². The minimum absolute atomic E-state index is 0.254. The molecule has 3 nitrogen and oxygen atoms in total. The van der Waals surface area contributed by atoms with Gasteiger partial charge in [0.2, 0.25) is 0 Å². The van der Waals surface area contributed by atoms with E-state index < -0.39 is 5.12 Å². The molecular formula is C16H18O3S. The van der Waals surface area contributed by atoms with Gasteiger partial charge in [0.1, 0.15) is 5.75 Å². The zero-order chi connectivity index (χ0) is 15.0. The van der Waals surface area contributed by atoms with Gasteiger partial charge in [0.25, 0.3) is 0 Å². The molecule has 1 aromatic rings. The van der Waals surface area contributed by atoms with Crippen molar-refractivity contribution in [2.75, 3.05) is 0 Å². The van der Waals surface area contributed by atoms with Crippen molar-refractivity contribution in [1.29, 1.82) is 0 Å². The molecule has 0 radical (unpaired) electrons. The van der Waals surface area contributed by atoms with E-state index in [4.69, 9.17) is 15.9 Å². The summed E-state index contributed by atoms with van der Waals surface area (Å²) >= 11 is 4.42. The lowest BCUT2D eigenvalue weighted by molar-refractivity contribution is -0.176. The number of thiol groups is 1. The summed E-state index contributed by atoms with van der Waals surface area (Å²) in [5.41, 5.74) is 1.55. The summed E-state index contributed by atoms with van der Waals surface area (Å²) in [6, 6.07) is 5.54. The number of fused-ring (bicyclic) bond motifs is 1. The molecule has 0 saturated heterocycles. The molecule has 20 heavy (non-hydrogen) atoms. The van der Waals surface area contributed by atoms with Crippen LogP contribution in [-0.2, 0) is 14.9 Å². The Kier molecular flexibility index (Phi) is 3.75. The fourth-order valence-corrected chi connectivity index (χ4v) is 3.00. The fourth-order valence-electron chi connectivity index (χ4n) is 2.41. The number of hydrogen-bond donors (Lipinski definition) is 1. The fraction of sp³-hybridized carbons (Fsp3) is 0.438. The Hall–Kier alpha value is -1.60. The van der Waals surface area contributed by atoms with Crippen LogP contribution in [0.2, 0.25) is 0 Å². The molecule has 4 heteroatoms. The first-order valence-electron chi connectivity index (χ1n) is 6.54. The molecule has 1 atom stereocenters. The molecule has 0 fully saturated rings. The van der Waals surface area contributed by atoms with E-state index in [0.717, 1.165) is 11.1 Å². The van der Waals surface area contributed by atoms with Gasteiger partial charge in [-0.25, -0.2) is 0 Å². The highest BCUT2D eigenvalue weighted by molar-refractivity contribution is 7.81. The summed E-state index contributed by atoms with van der Waals surface area (Å²) in [7, 11) is 0. The quantitative estimate of drug-likeness (QED) is 0.393. The van der Waals surface area contributed by atoms with Crippen LogP contribution in [-0.4, -0.2) is 11.1 Å². The topological polar surface area (TPSA) is 35.5 Å². The summed E-state index contributed by atoms with van der Waals surface area (Å²) in [4.78, 5) is 11.5. The lowest BCUT2D eigenvalue weighted by atomic mass is 9.78. The second-order valence-electron chi connectivity index (χ2n) is 5.56. The highest BCUT2D eigenvalue weighted by Crippen LogP contribution is 2.47. The lowest BCUT2D eigenvalue weighted by Gasteiger charge is -2.42. The van der Waals surface area contributed by atoms with Crippen LogP contribution in [0.15, 0.2) is 18.2 Å². The van der Waals surface area contributed by atoms with E-state index in [1.165, 1.54) is 0 Å². The number of benzene rings is 1. The normalized spacial score (nSPS) is 23.1. The van der Waals surface area contributed by atoms with Gasteiger partial charge in [0.15, 0.2) is 0 Å². The largest absolute Gasteiger partial charge is 0.443 e. The molecule has 0 saturated carbocycles. The molecule has 0 aromatic heterocycles. The van der Waals surface area contributed by atoms with Crippen LogP contribution in [0.5, 0.6) is 5.75 Å². The Morgan fingerprint density at radius 2 is 2.25 bits per heavy atom. The van der Waals surface area contributed by atoms with Gasteiger partial charge in [-0.3, -0.25) is 4.79 Å². The first kappa shape index (κ1) is 14.8. The third-order valence-corrected chi connectivity index (χ3v) is 3.71.